The minimum atomic E-state index is -0.367. The topological polar surface area (TPSA) is 29.6 Å². The molecule has 2 aromatic rings. The van der Waals surface area contributed by atoms with E-state index in [1.165, 1.54) is 11.3 Å². The molecule has 0 unspecified atom stereocenters. The van der Waals surface area contributed by atoms with Crippen molar-refractivity contribution in [2.75, 3.05) is 0 Å². The van der Waals surface area contributed by atoms with E-state index in [2.05, 4.69) is 0 Å². The third-order valence-corrected chi connectivity index (χ3v) is 3.95. The van der Waals surface area contributed by atoms with Gasteiger partial charge in [-0.05, 0) is 17.5 Å². The molecule has 3 rings (SSSR count). The van der Waals surface area contributed by atoms with Gasteiger partial charge >= 0.3 is 0 Å². The molecule has 17 heavy (non-hydrogen) atoms. The molecule has 1 aromatic carbocycles. The van der Waals surface area contributed by atoms with Crippen LogP contribution in [0, 0.1) is 0 Å². The van der Waals surface area contributed by atoms with Gasteiger partial charge < -0.3 is 4.74 Å². The number of carbonyl (C=O) groups excluding carboxylic acids is 1. The number of epoxide rings is 1. The van der Waals surface area contributed by atoms with E-state index < -0.39 is 0 Å². The van der Waals surface area contributed by atoms with Crippen LogP contribution in [0.15, 0.2) is 41.8 Å². The Hall–Kier alpha value is -1.16. The predicted molar refractivity (Wildman–Crippen MR) is 67.7 cm³/mol. The van der Waals surface area contributed by atoms with Crippen LogP contribution in [0.5, 0.6) is 0 Å². The first-order chi connectivity index (χ1) is 8.27. The Morgan fingerprint density at radius 1 is 1.24 bits per heavy atom. The zero-order valence-corrected chi connectivity index (χ0v) is 10.4. The summed E-state index contributed by atoms with van der Waals surface area (Å²) in [6.45, 7) is 0. The maximum absolute atomic E-state index is 12.0. The molecule has 86 valence electrons. The van der Waals surface area contributed by atoms with Crippen molar-refractivity contribution in [3.8, 4) is 0 Å². The van der Waals surface area contributed by atoms with Crippen LogP contribution >= 0.6 is 22.9 Å². The minimum absolute atomic E-state index is 0.0462. The summed E-state index contributed by atoms with van der Waals surface area (Å²) in [6, 6.07) is 11.2. The van der Waals surface area contributed by atoms with Crippen LogP contribution in [0.3, 0.4) is 0 Å². The average Bonchev–Trinajstić information content (AvgIpc) is 2.93. The summed E-state index contributed by atoms with van der Waals surface area (Å²) in [6.07, 6.45) is -0.549. The van der Waals surface area contributed by atoms with Gasteiger partial charge in [-0.15, -0.1) is 11.3 Å². The summed E-state index contributed by atoms with van der Waals surface area (Å²) in [5, 5.41) is 2.54. The van der Waals surface area contributed by atoms with Crippen molar-refractivity contribution in [3.63, 3.8) is 0 Å². The van der Waals surface area contributed by atoms with Crippen molar-refractivity contribution in [1.29, 1.82) is 0 Å². The molecule has 0 radical (unpaired) electrons. The van der Waals surface area contributed by atoms with E-state index in [9.17, 15) is 4.79 Å². The maximum Gasteiger partial charge on any atom is 0.204 e. The van der Waals surface area contributed by atoms with E-state index in [-0.39, 0.29) is 18.0 Å². The largest absolute Gasteiger partial charge is 0.356 e. The lowest BCUT2D eigenvalue weighted by atomic mass is 10.1. The first kappa shape index (κ1) is 11.0. The van der Waals surface area contributed by atoms with E-state index in [1.807, 2.05) is 41.8 Å². The Morgan fingerprint density at radius 2 is 2.06 bits per heavy atom. The molecule has 2 atom stereocenters. The van der Waals surface area contributed by atoms with E-state index in [0.717, 1.165) is 10.4 Å². The Kier molecular flexibility index (Phi) is 2.74. The number of benzene rings is 1. The molecule has 0 saturated carbocycles. The average molecular weight is 265 g/mol. The number of Topliss-reactive ketones (excluding diaryl/α,β-unsaturated/α-hetero) is 1. The number of ether oxygens (including phenoxy) is 1. The van der Waals surface area contributed by atoms with Gasteiger partial charge in [0.1, 0.15) is 6.10 Å². The van der Waals surface area contributed by atoms with Crippen molar-refractivity contribution < 1.29 is 9.53 Å². The maximum atomic E-state index is 12.0. The van der Waals surface area contributed by atoms with Gasteiger partial charge in [0.2, 0.25) is 5.78 Å². The predicted octanol–water partition coefficient (Wildman–Crippen LogP) is 3.72. The van der Waals surface area contributed by atoms with Gasteiger partial charge in [-0.3, -0.25) is 4.79 Å². The summed E-state index contributed by atoms with van der Waals surface area (Å²) in [7, 11) is 0. The Labute approximate surface area is 108 Å². The summed E-state index contributed by atoms with van der Waals surface area (Å²) in [5.74, 6) is 0.0462. The quantitative estimate of drug-likeness (QED) is 0.625. The second kappa shape index (κ2) is 4.26. The highest BCUT2D eigenvalue weighted by molar-refractivity contribution is 7.12. The molecule has 1 aliphatic rings. The molecule has 0 amide bonds. The number of hydrogen-bond acceptors (Lipinski definition) is 3. The van der Waals surface area contributed by atoms with Gasteiger partial charge in [0.05, 0.1) is 4.88 Å². The van der Waals surface area contributed by atoms with Crippen LogP contribution in [-0.4, -0.2) is 11.9 Å². The summed E-state index contributed by atoms with van der Waals surface area (Å²) < 4.78 is 5.44. The lowest BCUT2D eigenvalue weighted by molar-refractivity contribution is 0.0957. The zero-order valence-electron chi connectivity index (χ0n) is 8.80. The fraction of sp³-hybridized carbons (Fsp3) is 0.154. The molecule has 2 heterocycles. The van der Waals surface area contributed by atoms with Gasteiger partial charge in [-0.2, -0.15) is 0 Å². The molecular weight excluding hydrogens is 256 g/mol. The molecule has 1 saturated heterocycles. The van der Waals surface area contributed by atoms with Crippen LogP contribution in [0.25, 0.3) is 0 Å². The molecule has 0 bridgehead atoms. The summed E-state index contributed by atoms with van der Waals surface area (Å²) in [5.41, 5.74) is 0.893. The first-order valence-electron chi connectivity index (χ1n) is 5.25. The molecule has 0 N–H and O–H groups in total. The lowest BCUT2D eigenvalue weighted by Gasteiger charge is -1.98. The van der Waals surface area contributed by atoms with Crippen LogP contribution in [0.2, 0.25) is 5.02 Å². The number of rotatable bonds is 3. The van der Waals surface area contributed by atoms with Crippen molar-refractivity contribution in [3.05, 3.63) is 57.2 Å². The van der Waals surface area contributed by atoms with E-state index in [4.69, 9.17) is 16.3 Å². The van der Waals surface area contributed by atoms with Crippen LogP contribution in [-0.2, 0) is 4.74 Å². The van der Waals surface area contributed by atoms with Gasteiger partial charge in [-0.1, -0.05) is 35.9 Å². The number of halogens is 1. The van der Waals surface area contributed by atoms with Crippen molar-refractivity contribution in [2.24, 2.45) is 0 Å². The van der Waals surface area contributed by atoms with Crippen molar-refractivity contribution >= 4 is 28.7 Å². The third-order valence-electron chi connectivity index (χ3n) is 2.73. The Bertz CT molecular complexity index is 550. The summed E-state index contributed by atoms with van der Waals surface area (Å²) in [4.78, 5) is 12.7. The Morgan fingerprint density at radius 3 is 2.76 bits per heavy atom. The molecule has 1 aromatic heterocycles. The zero-order chi connectivity index (χ0) is 11.8. The fourth-order valence-electron chi connectivity index (χ4n) is 1.81. The van der Waals surface area contributed by atoms with E-state index >= 15 is 0 Å². The molecule has 1 fully saturated rings. The van der Waals surface area contributed by atoms with Crippen molar-refractivity contribution in [1.82, 2.24) is 0 Å². The van der Waals surface area contributed by atoms with Crippen LogP contribution in [0.1, 0.15) is 21.3 Å². The molecule has 0 spiro atoms. The SMILES string of the molecule is O=C(c1cccs1)[C@@H]1O[C@H]1c1ccccc1Cl. The van der Waals surface area contributed by atoms with Gasteiger partial charge in [-0.25, -0.2) is 0 Å². The number of thiophene rings is 1. The van der Waals surface area contributed by atoms with Gasteiger partial charge in [0.15, 0.2) is 6.10 Å². The van der Waals surface area contributed by atoms with Gasteiger partial charge in [0.25, 0.3) is 0 Å². The standard InChI is InChI=1S/C13H9ClO2S/c14-9-5-2-1-4-8(9)12-13(16-12)11(15)10-6-3-7-17-10/h1-7,12-13H/t12-,13-/m0/s1. The van der Waals surface area contributed by atoms with Crippen LogP contribution in [0.4, 0.5) is 0 Å². The number of ketones is 1. The van der Waals surface area contributed by atoms with E-state index in [1.54, 1.807) is 0 Å². The lowest BCUT2D eigenvalue weighted by Crippen LogP contribution is -2.06. The fourth-order valence-corrected chi connectivity index (χ4v) is 2.75. The van der Waals surface area contributed by atoms with Crippen LogP contribution < -0.4 is 0 Å². The number of hydrogen-bond donors (Lipinski definition) is 0. The molecule has 2 nitrogen and oxygen atoms in total. The minimum Gasteiger partial charge on any atom is -0.356 e. The van der Waals surface area contributed by atoms with Gasteiger partial charge in [0, 0.05) is 10.6 Å². The molecule has 4 heteroatoms. The Balaban J connectivity index is 1.79. The first-order valence-corrected chi connectivity index (χ1v) is 6.51. The smallest absolute Gasteiger partial charge is 0.204 e. The van der Waals surface area contributed by atoms with Crippen molar-refractivity contribution in [2.45, 2.75) is 12.2 Å². The highest BCUT2D eigenvalue weighted by Gasteiger charge is 2.47. The highest BCUT2D eigenvalue weighted by atomic mass is 35.5. The molecular formula is C13H9ClO2S. The molecule has 0 aliphatic carbocycles. The van der Waals surface area contributed by atoms with E-state index in [0.29, 0.717) is 5.02 Å². The third kappa shape index (κ3) is 2.02. The normalized spacial score (nSPS) is 22.4. The molecule has 1 aliphatic heterocycles. The second-order valence-electron chi connectivity index (χ2n) is 3.84. The number of carbonyl (C=O) groups is 1. The summed E-state index contributed by atoms with van der Waals surface area (Å²) >= 11 is 7.50. The monoisotopic (exact) mass is 264 g/mol. The highest BCUT2D eigenvalue weighted by Crippen LogP contribution is 2.43. The second-order valence-corrected chi connectivity index (χ2v) is 5.20.